The van der Waals surface area contributed by atoms with Crippen LogP contribution in [0.1, 0.15) is 26.7 Å². The highest BCUT2D eigenvalue weighted by Crippen LogP contribution is 2.12. The van der Waals surface area contributed by atoms with Crippen molar-refractivity contribution < 1.29 is 0 Å². The Labute approximate surface area is 79.9 Å². The zero-order chi connectivity index (χ0) is 8.81. The Kier molecular flexibility index (Phi) is 5.04. The van der Waals surface area contributed by atoms with Crippen LogP contribution >= 0.6 is 11.8 Å². The smallest absolute Gasteiger partial charge is 0.0661 e. The zero-order valence-corrected chi connectivity index (χ0v) is 8.91. The first kappa shape index (κ1) is 10.4. The molecule has 1 aliphatic rings. The van der Waals surface area contributed by atoms with E-state index >= 15 is 0 Å². The summed E-state index contributed by atoms with van der Waals surface area (Å²) in [6, 6.07) is 0.711. The van der Waals surface area contributed by atoms with E-state index in [9.17, 15) is 0 Å². The minimum absolute atomic E-state index is 0.642. The van der Waals surface area contributed by atoms with Gasteiger partial charge in [0.1, 0.15) is 0 Å². The lowest BCUT2D eigenvalue weighted by Gasteiger charge is -2.27. The van der Waals surface area contributed by atoms with Gasteiger partial charge in [-0.15, -0.1) is 11.8 Å². The Morgan fingerprint density at radius 2 is 2.25 bits per heavy atom. The molecule has 1 fully saturated rings. The van der Waals surface area contributed by atoms with Crippen molar-refractivity contribution in [3.8, 4) is 0 Å². The molecule has 0 aromatic rings. The molecule has 1 unspecified atom stereocenters. The second kappa shape index (κ2) is 5.84. The van der Waals surface area contributed by atoms with Gasteiger partial charge in [-0.05, 0) is 12.8 Å². The second-order valence-electron chi connectivity index (χ2n) is 3.24. The summed E-state index contributed by atoms with van der Waals surface area (Å²) >= 11 is 2.05. The van der Waals surface area contributed by atoms with E-state index in [0.717, 1.165) is 6.54 Å². The molecule has 0 amide bonds. The number of rotatable bonds is 4. The van der Waals surface area contributed by atoms with Crippen LogP contribution in [0.2, 0.25) is 0 Å². The van der Waals surface area contributed by atoms with Crippen molar-refractivity contribution in [3.05, 3.63) is 0 Å². The second-order valence-corrected chi connectivity index (χ2v) is 4.55. The predicted molar refractivity (Wildman–Crippen MR) is 56.6 cm³/mol. The summed E-state index contributed by atoms with van der Waals surface area (Å²) < 4.78 is 0. The van der Waals surface area contributed by atoms with Gasteiger partial charge < -0.3 is 10.6 Å². The maximum absolute atomic E-state index is 3.66. The molecule has 0 aliphatic carbocycles. The highest BCUT2D eigenvalue weighted by molar-refractivity contribution is 7.99. The summed E-state index contributed by atoms with van der Waals surface area (Å²) in [5, 5.41) is 7.70. The fourth-order valence-electron chi connectivity index (χ4n) is 1.46. The topological polar surface area (TPSA) is 24.1 Å². The number of thioether (sulfide) groups is 1. The Balaban J connectivity index is 2.18. The van der Waals surface area contributed by atoms with E-state index in [1.807, 2.05) is 11.8 Å². The summed E-state index contributed by atoms with van der Waals surface area (Å²) in [4.78, 5) is 0. The van der Waals surface area contributed by atoms with E-state index in [4.69, 9.17) is 0 Å². The Bertz CT molecular complexity index is 109. The van der Waals surface area contributed by atoms with Crippen molar-refractivity contribution in [1.29, 1.82) is 0 Å². The predicted octanol–water partition coefficient (Wildman–Crippen LogP) is 1.43. The first-order chi connectivity index (χ1) is 5.86. The normalized spacial score (nSPS) is 24.8. The van der Waals surface area contributed by atoms with Crippen molar-refractivity contribution in [2.75, 3.05) is 18.8 Å². The molecule has 0 saturated carbocycles. The molecule has 72 valence electrons. The van der Waals surface area contributed by atoms with Gasteiger partial charge >= 0.3 is 0 Å². The Morgan fingerprint density at radius 3 is 2.75 bits per heavy atom. The number of hydrogen-bond donors (Lipinski definition) is 2. The van der Waals surface area contributed by atoms with E-state index < -0.39 is 0 Å². The fourth-order valence-corrected chi connectivity index (χ4v) is 2.53. The monoisotopic (exact) mass is 188 g/mol. The van der Waals surface area contributed by atoms with Crippen molar-refractivity contribution in [2.24, 2.45) is 0 Å². The third-order valence-corrected chi connectivity index (χ3v) is 3.48. The molecular weight excluding hydrogens is 168 g/mol. The first-order valence-corrected chi connectivity index (χ1v) is 6.00. The minimum atomic E-state index is 0.642. The van der Waals surface area contributed by atoms with Gasteiger partial charge in [0, 0.05) is 24.9 Å². The molecule has 3 heteroatoms. The van der Waals surface area contributed by atoms with E-state index in [2.05, 4.69) is 24.5 Å². The van der Waals surface area contributed by atoms with Crippen LogP contribution in [0.3, 0.4) is 0 Å². The lowest BCUT2D eigenvalue weighted by atomic mass is 10.2. The van der Waals surface area contributed by atoms with Crippen LogP contribution in [0, 0.1) is 0 Å². The third-order valence-electron chi connectivity index (χ3n) is 2.33. The van der Waals surface area contributed by atoms with Gasteiger partial charge in [-0.25, -0.2) is 0 Å². The quantitative estimate of drug-likeness (QED) is 0.698. The van der Waals surface area contributed by atoms with Gasteiger partial charge in [0.2, 0.25) is 0 Å². The molecule has 2 N–H and O–H groups in total. The van der Waals surface area contributed by atoms with Crippen LogP contribution in [0.15, 0.2) is 0 Å². The molecular formula is C9H20N2S. The summed E-state index contributed by atoms with van der Waals surface area (Å²) in [6.45, 7) is 6.80. The largest absolute Gasteiger partial charge is 0.314 e. The maximum atomic E-state index is 3.66. The minimum Gasteiger partial charge on any atom is -0.314 e. The average molecular weight is 188 g/mol. The van der Waals surface area contributed by atoms with E-state index in [1.165, 1.54) is 25.1 Å². The van der Waals surface area contributed by atoms with Crippen molar-refractivity contribution in [3.63, 3.8) is 0 Å². The third kappa shape index (κ3) is 3.33. The molecule has 1 atom stereocenters. The van der Waals surface area contributed by atoms with Gasteiger partial charge in [-0.2, -0.15) is 0 Å². The highest BCUT2D eigenvalue weighted by Gasteiger charge is 2.15. The van der Waals surface area contributed by atoms with Crippen LogP contribution < -0.4 is 10.6 Å². The first-order valence-electron chi connectivity index (χ1n) is 4.95. The van der Waals surface area contributed by atoms with Crippen molar-refractivity contribution >= 4 is 11.8 Å². The van der Waals surface area contributed by atoms with Gasteiger partial charge in [0.25, 0.3) is 0 Å². The van der Waals surface area contributed by atoms with E-state index in [-0.39, 0.29) is 0 Å². The average Bonchev–Trinajstić information content (AvgIpc) is 2.16. The van der Waals surface area contributed by atoms with Gasteiger partial charge in [-0.1, -0.05) is 13.8 Å². The molecule has 1 aliphatic heterocycles. The lowest BCUT2D eigenvalue weighted by molar-refractivity contribution is 0.454. The SMILES string of the molecule is CCC(CC)NC1CNCCS1. The molecule has 0 aromatic carbocycles. The van der Waals surface area contributed by atoms with Crippen LogP contribution in [0.25, 0.3) is 0 Å². The van der Waals surface area contributed by atoms with E-state index in [0.29, 0.717) is 11.4 Å². The number of nitrogens with one attached hydrogen (secondary N) is 2. The maximum Gasteiger partial charge on any atom is 0.0661 e. The van der Waals surface area contributed by atoms with Gasteiger partial charge in [0.05, 0.1) is 5.37 Å². The summed E-state index contributed by atoms with van der Waals surface area (Å²) in [5.41, 5.74) is 0. The molecule has 1 rings (SSSR count). The molecule has 2 nitrogen and oxygen atoms in total. The standard InChI is InChI=1S/C9H20N2S/c1-3-8(4-2)11-9-7-10-5-6-12-9/h8-11H,3-7H2,1-2H3. The highest BCUT2D eigenvalue weighted by atomic mass is 32.2. The van der Waals surface area contributed by atoms with Crippen LogP contribution in [0.5, 0.6) is 0 Å². The molecule has 0 spiro atoms. The molecule has 12 heavy (non-hydrogen) atoms. The molecule has 0 bridgehead atoms. The zero-order valence-electron chi connectivity index (χ0n) is 8.10. The fraction of sp³-hybridized carbons (Fsp3) is 1.00. The summed E-state index contributed by atoms with van der Waals surface area (Å²) in [5.74, 6) is 1.25. The molecule has 0 aromatic heterocycles. The van der Waals surface area contributed by atoms with Crippen LogP contribution in [0.4, 0.5) is 0 Å². The Morgan fingerprint density at radius 1 is 1.50 bits per heavy atom. The van der Waals surface area contributed by atoms with Gasteiger partial charge in [-0.3, -0.25) is 0 Å². The van der Waals surface area contributed by atoms with E-state index in [1.54, 1.807) is 0 Å². The van der Waals surface area contributed by atoms with Crippen LogP contribution in [-0.2, 0) is 0 Å². The molecule has 1 heterocycles. The summed E-state index contributed by atoms with van der Waals surface area (Å²) in [6.07, 6.45) is 2.49. The molecule has 1 saturated heterocycles. The van der Waals surface area contributed by atoms with Crippen molar-refractivity contribution in [2.45, 2.75) is 38.1 Å². The molecule has 0 radical (unpaired) electrons. The lowest BCUT2D eigenvalue weighted by Crippen LogP contribution is -2.45. The number of hydrogen-bond acceptors (Lipinski definition) is 3. The Hall–Kier alpha value is 0.270. The van der Waals surface area contributed by atoms with Gasteiger partial charge in [0.15, 0.2) is 0 Å². The summed E-state index contributed by atoms with van der Waals surface area (Å²) in [7, 11) is 0. The van der Waals surface area contributed by atoms with Crippen LogP contribution in [-0.4, -0.2) is 30.3 Å². The van der Waals surface area contributed by atoms with Crippen molar-refractivity contribution in [1.82, 2.24) is 10.6 Å².